The van der Waals surface area contributed by atoms with Crippen molar-refractivity contribution in [2.75, 3.05) is 13.1 Å². The molecule has 0 spiro atoms. The van der Waals surface area contributed by atoms with Crippen molar-refractivity contribution >= 4 is 0 Å². The van der Waals surface area contributed by atoms with Crippen molar-refractivity contribution in [1.29, 1.82) is 0 Å². The van der Waals surface area contributed by atoms with Crippen molar-refractivity contribution in [3.05, 3.63) is 0 Å². The Bertz CT molecular complexity index is 318. The van der Waals surface area contributed by atoms with Gasteiger partial charge in [-0.2, -0.15) is 0 Å². The Morgan fingerprint density at radius 3 is 2.33 bits per heavy atom. The van der Waals surface area contributed by atoms with Gasteiger partial charge in [0, 0.05) is 12.1 Å². The lowest BCUT2D eigenvalue weighted by Gasteiger charge is -2.42. The lowest BCUT2D eigenvalue weighted by atomic mass is 9.76. The quantitative estimate of drug-likeness (QED) is 0.823. The van der Waals surface area contributed by atoms with Gasteiger partial charge in [-0.3, -0.25) is 4.90 Å². The molecular weight excluding hydrogens is 256 g/mol. The Morgan fingerprint density at radius 1 is 1.00 bits per heavy atom. The molecule has 2 heteroatoms. The van der Waals surface area contributed by atoms with E-state index in [0.717, 1.165) is 17.8 Å². The fourth-order valence-electron chi connectivity index (χ4n) is 4.54. The first kappa shape index (κ1) is 17.3. The third-order valence-corrected chi connectivity index (χ3v) is 6.31. The maximum absolute atomic E-state index is 6.50. The highest BCUT2D eigenvalue weighted by Crippen LogP contribution is 2.37. The second-order valence-electron chi connectivity index (χ2n) is 9.08. The Hall–Kier alpha value is -0.0800. The van der Waals surface area contributed by atoms with E-state index in [4.69, 9.17) is 5.73 Å². The number of likely N-dealkylation sites (tertiary alicyclic amines) is 1. The molecule has 1 saturated heterocycles. The van der Waals surface area contributed by atoms with Crippen LogP contribution in [0.5, 0.6) is 0 Å². The van der Waals surface area contributed by atoms with E-state index in [1.54, 1.807) is 0 Å². The Labute approximate surface area is 132 Å². The minimum Gasteiger partial charge on any atom is -0.326 e. The molecule has 0 aromatic heterocycles. The van der Waals surface area contributed by atoms with Crippen LogP contribution in [0.15, 0.2) is 0 Å². The van der Waals surface area contributed by atoms with Gasteiger partial charge >= 0.3 is 0 Å². The second-order valence-corrected chi connectivity index (χ2v) is 9.08. The van der Waals surface area contributed by atoms with E-state index in [2.05, 4.69) is 39.5 Å². The summed E-state index contributed by atoms with van der Waals surface area (Å²) in [4.78, 5) is 2.75. The molecule has 0 aromatic carbocycles. The molecule has 124 valence electrons. The van der Waals surface area contributed by atoms with Crippen LogP contribution in [-0.2, 0) is 0 Å². The molecule has 4 unspecified atom stereocenters. The van der Waals surface area contributed by atoms with E-state index < -0.39 is 0 Å². The first-order valence-corrected chi connectivity index (χ1v) is 9.28. The summed E-state index contributed by atoms with van der Waals surface area (Å²) in [6.45, 7) is 14.5. The van der Waals surface area contributed by atoms with E-state index in [1.807, 2.05) is 0 Å². The molecule has 4 atom stereocenters. The highest BCUT2D eigenvalue weighted by molar-refractivity contribution is 4.91. The molecular formula is C19H38N2. The van der Waals surface area contributed by atoms with Gasteiger partial charge in [-0.15, -0.1) is 0 Å². The largest absolute Gasteiger partial charge is 0.326 e. The summed E-state index contributed by atoms with van der Waals surface area (Å²) in [5, 5.41) is 0. The number of hydrogen-bond donors (Lipinski definition) is 1. The molecule has 2 rings (SSSR count). The van der Waals surface area contributed by atoms with Crippen LogP contribution in [-0.4, -0.2) is 30.1 Å². The van der Waals surface area contributed by atoms with Crippen molar-refractivity contribution in [1.82, 2.24) is 4.90 Å². The molecule has 2 fully saturated rings. The molecule has 1 heterocycles. The van der Waals surface area contributed by atoms with Crippen molar-refractivity contribution in [3.8, 4) is 0 Å². The van der Waals surface area contributed by atoms with Gasteiger partial charge in [0.2, 0.25) is 0 Å². The number of hydrogen-bond acceptors (Lipinski definition) is 2. The van der Waals surface area contributed by atoms with E-state index in [9.17, 15) is 0 Å². The standard InChI is InChI=1S/C19H38N2/c1-14(2)15-8-9-17(20)18(13-15)21-11-6-7-16(10-12-21)19(3,4)5/h14-18H,6-13,20H2,1-5H3. The lowest BCUT2D eigenvalue weighted by molar-refractivity contribution is 0.0959. The first-order chi connectivity index (χ1) is 9.79. The highest BCUT2D eigenvalue weighted by atomic mass is 15.2. The van der Waals surface area contributed by atoms with Gasteiger partial charge in [-0.1, -0.05) is 34.6 Å². The number of rotatable bonds is 2. The van der Waals surface area contributed by atoms with Crippen LogP contribution in [0.4, 0.5) is 0 Å². The van der Waals surface area contributed by atoms with Gasteiger partial charge in [0.25, 0.3) is 0 Å². The van der Waals surface area contributed by atoms with Gasteiger partial charge in [0.15, 0.2) is 0 Å². The molecule has 1 aliphatic carbocycles. The van der Waals surface area contributed by atoms with Crippen molar-refractivity contribution in [2.24, 2.45) is 28.9 Å². The summed E-state index contributed by atoms with van der Waals surface area (Å²) >= 11 is 0. The average Bonchev–Trinajstić information content (AvgIpc) is 2.64. The van der Waals surface area contributed by atoms with Crippen LogP contribution < -0.4 is 5.73 Å². The monoisotopic (exact) mass is 294 g/mol. The lowest BCUT2D eigenvalue weighted by Crippen LogP contribution is -2.52. The fourth-order valence-corrected chi connectivity index (χ4v) is 4.54. The molecule has 0 amide bonds. The number of nitrogens with two attached hydrogens (primary N) is 1. The molecule has 2 aliphatic rings. The smallest absolute Gasteiger partial charge is 0.0249 e. The zero-order valence-corrected chi connectivity index (χ0v) is 15.1. The minimum atomic E-state index is 0.409. The molecule has 1 aliphatic heterocycles. The molecule has 21 heavy (non-hydrogen) atoms. The van der Waals surface area contributed by atoms with Crippen LogP contribution in [0, 0.1) is 23.2 Å². The third-order valence-electron chi connectivity index (χ3n) is 6.31. The van der Waals surface area contributed by atoms with Crippen LogP contribution in [0.3, 0.4) is 0 Å². The predicted octanol–water partition coefficient (Wildman–Crippen LogP) is 4.29. The van der Waals surface area contributed by atoms with E-state index in [1.165, 1.54) is 51.6 Å². The topological polar surface area (TPSA) is 29.3 Å². The van der Waals surface area contributed by atoms with Gasteiger partial charge < -0.3 is 5.73 Å². The Balaban J connectivity index is 1.97. The summed E-state index contributed by atoms with van der Waals surface area (Å²) in [5.41, 5.74) is 6.97. The first-order valence-electron chi connectivity index (χ1n) is 9.28. The zero-order chi connectivity index (χ0) is 15.6. The summed E-state index contributed by atoms with van der Waals surface area (Å²) in [5.74, 6) is 2.58. The van der Waals surface area contributed by atoms with E-state index in [-0.39, 0.29) is 0 Å². The molecule has 0 radical (unpaired) electrons. The molecule has 2 N–H and O–H groups in total. The predicted molar refractivity (Wildman–Crippen MR) is 92.3 cm³/mol. The fraction of sp³-hybridized carbons (Fsp3) is 1.00. The van der Waals surface area contributed by atoms with Gasteiger partial charge in [-0.05, 0) is 74.8 Å². The molecule has 0 aromatic rings. The summed E-state index contributed by atoms with van der Waals surface area (Å²) in [6, 6.07) is 1.05. The molecule has 1 saturated carbocycles. The Morgan fingerprint density at radius 2 is 1.71 bits per heavy atom. The van der Waals surface area contributed by atoms with Crippen LogP contribution in [0.25, 0.3) is 0 Å². The summed E-state index contributed by atoms with van der Waals surface area (Å²) in [6.07, 6.45) is 8.02. The van der Waals surface area contributed by atoms with Crippen LogP contribution in [0.1, 0.15) is 73.1 Å². The van der Waals surface area contributed by atoms with Gasteiger partial charge in [0.05, 0.1) is 0 Å². The SMILES string of the molecule is CC(C)C1CCC(N)C(N2CCCC(C(C)(C)C)CC2)C1. The highest BCUT2D eigenvalue weighted by Gasteiger charge is 2.35. The average molecular weight is 295 g/mol. The van der Waals surface area contributed by atoms with Gasteiger partial charge in [0.1, 0.15) is 0 Å². The summed E-state index contributed by atoms with van der Waals surface area (Å²) in [7, 11) is 0. The van der Waals surface area contributed by atoms with E-state index in [0.29, 0.717) is 17.5 Å². The zero-order valence-electron chi connectivity index (χ0n) is 15.1. The second kappa shape index (κ2) is 7.00. The Kier molecular flexibility index (Phi) is 5.76. The molecule has 0 bridgehead atoms. The minimum absolute atomic E-state index is 0.409. The van der Waals surface area contributed by atoms with Crippen LogP contribution in [0.2, 0.25) is 0 Å². The summed E-state index contributed by atoms with van der Waals surface area (Å²) < 4.78 is 0. The maximum atomic E-state index is 6.50. The normalized spacial score (nSPS) is 36.7. The van der Waals surface area contributed by atoms with Crippen molar-refractivity contribution in [2.45, 2.75) is 85.2 Å². The molecule has 2 nitrogen and oxygen atoms in total. The van der Waals surface area contributed by atoms with Gasteiger partial charge in [-0.25, -0.2) is 0 Å². The maximum Gasteiger partial charge on any atom is 0.0249 e. The van der Waals surface area contributed by atoms with Crippen LogP contribution >= 0.6 is 0 Å². The van der Waals surface area contributed by atoms with E-state index >= 15 is 0 Å². The van der Waals surface area contributed by atoms with Crippen molar-refractivity contribution < 1.29 is 0 Å². The van der Waals surface area contributed by atoms with Crippen molar-refractivity contribution in [3.63, 3.8) is 0 Å². The number of nitrogens with zero attached hydrogens (tertiary/aromatic N) is 1. The third kappa shape index (κ3) is 4.45.